The number of carbonyl (C=O) groups excluding carboxylic acids is 1. The van der Waals surface area contributed by atoms with E-state index in [-0.39, 0.29) is 11.1 Å². The number of halogens is 3. The summed E-state index contributed by atoms with van der Waals surface area (Å²) in [6.07, 6.45) is -2.76. The Morgan fingerprint density at radius 2 is 1.93 bits per heavy atom. The molecule has 4 heteroatoms. The standard InChI is InChI=1S/C10H9F3O/c1-5-8(10(12)13)3-7(6(2)14)4-9(5)11/h3-4,10H,1-2H3. The molecule has 0 saturated heterocycles. The molecule has 0 saturated carbocycles. The molecule has 0 unspecified atom stereocenters. The van der Waals surface area contributed by atoms with Gasteiger partial charge in [-0.3, -0.25) is 4.79 Å². The van der Waals surface area contributed by atoms with Crippen molar-refractivity contribution >= 4 is 5.78 Å². The number of hydrogen-bond acceptors (Lipinski definition) is 1. The summed E-state index contributed by atoms with van der Waals surface area (Å²) < 4.78 is 37.8. The first-order valence-electron chi connectivity index (χ1n) is 4.02. The van der Waals surface area contributed by atoms with E-state index in [1.807, 2.05) is 0 Å². The summed E-state index contributed by atoms with van der Waals surface area (Å²) in [5.74, 6) is -1.20. The first-order chi connectivity index (χ1) is 6.43. The molecule has 0 fully saturated rings. The molecule has 0 aliphatic rings. The van der Waals surface area contributed by atoms with Crippen LogP contribution in [0.3, 0.4) is 0 Å². The van der Waals surface area contributed by atoms with Crippen molar-refractivity contribution in [2.45, 2.75) is 20.3 Å². The molecule has 0 aliphatic heterocycles. The Kier molecular flexibility index (Phi) is 2.93. The molecule has 1 aromatic rings. The van der Waals surface area contributed by atoms with E-state index in [0.717, 1.165) is 12.1 Å². The number of benzene rings is 1. The first-order valence-corrected chi connectivity index (χ1v) is 4.02. The van der Waals surface area contributed by atoms with E-state index in [9.17, 15) is 18.0 Å². The Morgan fingerprint density at radius 3 is 2.36 bits per heavy atom. The summed E-state index contributed by atoms with van der Waals surface area (Å²) >= 11 is 0. The average Bonchev–Trinajstić information content (AvgIpc) is 2.08. The molecule has 0 aliphatic carbocycles. The Bertz CT molecular complexity index is 372. The van der Waals surface area contributed by atoms with Gasteiger partial charge < -0.3 is 0 Å². The third-order valence-corrected chi connectivity index (χ3v) is 2.03. The number of Topliss-reactive ketones (excluding diaryl/α,β-unsaturated/α-hetero) is 1. The Labute approximate surface area is 79.5 Å². The summed E-state index contributed by atoms with van der Waals surface area (Å²) in [4.78, 5) is 10.9. The maximum atomic E-state index is 13.1. The van der Waals surface area contributed by atoms with Gasteiger partial charge >= 0.3 is 0 Å². The Hall–Kier alpha value is -1.32. The van der Waals surface area contributed by atoms with Crippen LogP contribution in [-0.4, -0.2) is 5.78 Å². The topological polar surface area (TPSA) is 17.1 Å². The highest BCUT2D eigenvalue weighted by atomic mass is 19.3. The zero-order chi connectivity index (χ0) is 10.9. The summed E-state index contributed by atoms with van der Waals surface area (Å²) in [5, 5.41) is 0. The largest absolute Gasteiger partial charge is 0.295 e. The van der Waals surface area contributed by atoms with Gasteiger partial charge in [-0.25, -0.2) is 13.2 Å². The molecule has 0 bridgehead atoms. The monoisotopic (exact) mass is 202 g/mol. The SMILES string of the molecule is CC(=O)c1cc(F)c(C)c(C(F)F)c1. The second kappa shape index (κ2) is 3.82. The maximum Gasteiger partial charge on any atom is 0.264 e. The van der Waals surface area contributed by atoms with Crippen LogP contribution in [0.1, 0.15) is 34.8 Å². The minimum atomic E-state index is -2.76. The molecule has 0 spiro atoms. The zero-order valence-electron chi connectivity index (χ0n) is 7.77. The van der Waals surface area contributed by atoms with E-state index in [2.05, 4.69) is 0 Å². The van der Waals surface area contributed by atoms with Gasteiger partial charge in [0.05, 0.1) is 0 Å². The van der Waals surface area contributed by atoms with Crippen molar-refractivity contribution in [3.8, 4) is 0 Å². The lowest BCUT2D eigenvalue weighted by Crippen LogP contribution is -2.00. The molecule has 0 radical (unpaired) electrons. The summed E-state index contributed by atoms with van der Waals surface area (Å²) in [5.41, 5.74) is -0.552. The molecule has 0 atom stereocenters. The normalized spacial score (nSPS) is 10.7. The molecule has 1 rings (SSSR count). The van der Waals surface area contributed by atoms with Crippen LogP contribution in [0, 0.1) is 12.7 Å². The Morgan fingerprint density at radius 1 is 1.36 bits per heavy atom. The third-order valence-electron chi connectivity index (χ3n) is 2.03. The van der Waals surface area contributed by atoms with Crippen LogP contribution in [0.25, 0.3) is 0 Å². The number of hydrogen-bond donors (Lipinski definition) is 0. The minimum absolute atomic E-state index is 0.0246. The molecule has 0 heterocycles. The summed E-state index contributed by atoms with van der Waals surface area (Å²) in [6, 6.07) is 2.01. The Balaban J connectivity index is 3.35. The highest BCUT2D eigenvalue weighted by Crippen LogP contribution is 2.25. The number of rotatable bonds is 2. The van der Waals surface area contributed by atoms with Crippen LogP contribution in [0.5, 0.6) is 0 Å². The average molecular weight is 202 g/mol. The summed E-state index contributed by atoms with van der Waals surface area (Å²) in [7, 11) is 0. The highest BCUT2D eigenvalue weighted by Gasteiger charge is 2.16. The van der Waals surface area contributed by atoms with Crippen LogP contribution in [-0.2, 0) is 0 Å². The second-order valence-electron chi connectivity index (χ2n) is 3.03. The maximum absolute atomic E-state index is 13.1. The van der Waals surface area contributed by atoms with Crippen molar-refractivity contribution in [3.05, 3.63) is 34.6 Å². The molecule has 76 valence electrons. The van der Waals surface area contributed by atoms with Crippen LogP contribution in [0.4, 0.5) is 13.2 Å². The van der Waals surface area contributed by atoms with Gasteiger partial charge in [0, 0.05) is 11.1 Å². The highest BCUT2D eigenvalue weighted by molar-refractivity contribution is 5.94. The quantitative estimate of drug-likeness (QED) is 0.672. The van der Waals surface area contributed by atoms with E-state index in [1.165, 1.54) is 13.8 Å². The number of carbonyl (C=O) groups is 1. The van der Waals surface area contributed by atoms with Gasteiger partial charge in [-0.1, -0.05) is 0 Å². The minimum Gasteiger partial charge on any atom is -0.295 e. The molecule has 1 nitrogen and oxygen atoms in total. The smallest absolute Gasteiger partial charge is 0.264 e. The van der Waals surface area contributed by atoms with E-state index in [1.54, 1.807) is 0 Å². The van der Waals surface area contributed by atoms with Gasteiger partial charge in [-0.2, -0.15) is 0 Å². The van der Waals surface area contributed by atoms with Crippen molar-refractivity contribution < 1.29 is 18.0 Å². The molecular weight excluding hydrogens is 193 g/mol. The fourth-order valence-corrected chi connectivity index (χ4v) is 1.13. The second-order valence-corrected chi connectivity index (χ2v) is 3.03. The van der Waals surface area contributed by atoms with E-state index in [0.29, 0.717) is 0 Å². The lowest BCUT2D eigenvalue weighted by Gasteiger charge is -2.07. The van der Waals surface area contributed by atoms with Crippen molar-refractivity contribution in [3.63, 3.8) is 0 Å². The van der Waals surface area contributed by atoms with Crippen LogP contribution in [0.15, 0.2) is 12.1 Å². The third kappa shape index (κ3) is 1.95. The van der Waals surface area contributed by atoms with Crippen molar-refractivity contribution in [1.82, 2.24) is 0 Å². The summed E-state index contributed by atoms with van der Waals surface area (Å²) in [6.45, 7) is 2.47. The van der Waals surface area contributed by atoms with Crippen LogP contribution < -0.4 is 0 Å². The number of ketones is 1. The predicted octanol–water partition coefficient (Wildman–Crippen LogP) is 3.27. The van der Waals surface area contributed by atoms with E-state index in [4.69, 9.17) is 0 Å². The van der Waals surface area contributed by atoms with E-state index >= 15 is 0 Å². The van der Waals surface area contributed by atoms with Crippen LogP contribution in [0.2, 0.25) is 0 Å². The predicted molar refractivity (Wildman–Crippen MR) is 46.1 cm³/mol. The van der Waals surface area contributed by atoms with E-state index < -0.39 is 23.6 Å². The fraction of sp³-hybridized carbons (Fsp3) is 0.300. The fourth-order valence-electron chi connectivity index (χ4n) is 1.13. The van der Waals surface area contributed by atoms with Gasteiger partial charge in [-0.15, -0.1) is 0 Å². The van der Waals surface area contributed by atoms with Crippen LogP contribution >= 0.6 is 0 Å². The van der Waals surface area contributed by atoms with Gasteiger partial charge in [0.2, 0.25) is 0 Å². The molecule has 0 amide bonds. The van der Waals surface area contributed by atoms with Crippen molar-refractivity contribution in [1.29, 1.82) is 0 Å². The van der Waals surface area contributed by atoms with Gasteiger partial charge in [0.1, 0.15) is 5.82 Å². The molecule has 1 aromatic carbocycles. The van der Waals surface area contributed by atoms with Crippen molar-refractivity contribution in [2.24, 2.45) is 0 Å². The zero-order valence-corrected chi connectivity index (χ0v) is 7.77. The first kappa shape index (κ1) is 10.8. The molecule has 0 aromatic heterocycles. The van der Waals surface area contributed by atoms with Crippen molar-refractivity contribution in [2.75, 3.05) is 0 Å². The lowest BCUT2D eigenvalue weighted by molar-refractivity contribution is 0.101. The lowest BCUT2D eigenvalue weighted by atomic mass is 10.0. The van der Waals surface area contributed by atoms with Gasteiger partial charge in [0.25, 0.3) is 6.43 Å². The molecule has 14 heavy (non-hydrogen) atoms. The molecule has 0 N–H and O–H groups in total. The molecular formula is C10H9F3O. The number of alkyl halides is 2. The van der Waals surface area contributed by atoms with Gasteiger partial charge in [0.15, 0.2) is 5.78 Å². The van der Waals surface area contributed by atoms with Gasteiger partial charge in [-0.05, 0) is 31.5 Å².